The number of carbonyl (C=O) groups is 1. The molecule has 0 spiro atoms. The zero-order valence-electron chi connectivity index (χ0n) is 17.8. The molecular weight excluding hydrogens is 348 g/mol. The standard InChI is InChI=1S/C23H34N4O/c1-17-21(18(2)27(4)25-17)14-15-23(28)24-22-13-9-8-10-19(22)16-26(3)20-11-6-5-7-12-20/h8-10,13,20H,5-7,11-12,14-16H2,1-4H3,(H,24,28). The van der Waals surface area contributed by atoms with Crippen LogP contribution in [0.5, 0.6) is 0 Å². The molecule has 28 heavy (non-hydrogen) atoms. The van der Waals surface area contributed by atoms with Gasteiger partial charge in [0.05, 0.1) is 5.69 Å². The number of anilines is 1. The van der Waals surface area contributed by atoms with Crippen molar-refractivity contribution in [2.24, 2.45) is 7.05 Å². The Bertz CT molecular complexity index is 805. The number of carbonyl (C=O) groups excluding carboxylic acids is 1. The third-order valence-corrected chi connectivity index (χ3v) is 6.17. The molecule has 1 amide bonds. The average molecular weight is 383 g/mol. The molecule has 1 fully saturated rings. The van der Waals surface area contributed by atoms with Crippen LogP contribution in [0.2, 0.25) is 0 Å². The van der Waals surface area contributed by atoms with Crippen molar-refractivity contribution in [3.8, 4) is 0 Å². The van der Waals surface area contributed by atoms with Gasteiger partial charge in [-0.1, -0.05) is 37.5 Å². The van der Waals surface area contributed by atoms with E-state index >= 15 is 0 Å². The second-order valence-corrected chi connectivity index (χ2v) is 8.19. The van der Waals surface area contributed by atoms with Gasteiger partial charge in [0.2, 0.25) is 5.91 Å². The Morgan fingerprint density at radius 3 is 2.61 bits per heavy atom. The van der Waals surface area contributed by atoms with E-state index in [1.807, 2.05) is 30.8 Å². The largest absolute Gasteiger partial charge is 0.326 e. The normalized spacial score (nSPS) is 15.2. The van der Waals surface area contributed by atoms with Crippen molar-refractivity contribution in [1.29, 1.82) is 0 Å². The van der Waals surface area contributed by atoms with E-state index in [-0.39, 0.29) is 5.91 Å². The van der Waals surface area contributed by atoms with Gasteiger partial charge in [-0.05, 0) is 57.4 Å². The molecule has 152 valence electrons. The van der Waals surface area contributed by atoms with Crippen LogP contribution in [-0.4, -0.2) is 33.7 Å². The fraction of sp³-hybridized carbons (Fsp3) is 0.565. The minimum Gasteiger partial charge on any atom is -0.326 e. The summed E-state index contributed by atoms with van der Waals surface area (Å²) in [4.78, 5) is 15.1. The molecule has 1 aromatic heterocycles. The van der Waals surface area contributed by atoms with Gasteiger partial charge in [-0.3, -0.25) is 14.4 Å². The minimum absolute atomic E-state index is 0.0652. The average Bonchev–Trinajstić information content (AvgIpc) is 2.94. The van der Waals surface area contributed by atoms with Crippen LogP contribution in [0.1, 0.15) is 61.0 Å². The Morgan fingerprint density at radius 1 is 1.21 bits per heavy atom. The first-order valence-corrected chi connectivity index (χ1v) is 10.5. The molecule has 0 aliphatic heterocycles. The molecule has 5 nitrogen and oxygen atoms in total. The second kappa shape index (κ2) is 9.37. The highest BCUT2D eigenvalue weighted by Crippen LogP contribution is 2.25. The quantitative estimate of drug-likeness (QED) is 0.773. The number of benzene rings is 1. The van der Waals surface area contributed by atoms with Gasteiger partial charge in [0.1, 0.15) is 0 Å². The van der Waals surface area contributed by atoms with Crippen LogP contribution < -0.4 is 5.32 Å². The molecule has 1 saturated carbocycles. The summed E-state index contributed by atoms with van der Waals surface area (Å²) < 4.78 is 1.89. The lowest BCUT2D eigenvalue weighted by Crippen LogP contribution is -2.33. The first-order chi connectivity index (χ1) is 13.5. The molecule has 1 aliphatic rings. The van der Waals surface area contributed by atoms with Crippen molar-refractivity contribution >= 4 is 11.6 Å². The Kier molecular flexibility index (Phi) is 6.89. The number of amides is 1. The van der Waals surface area contributed by atoms with Crippen LogP contribution in [0.15, 0.2) is 24.3 Å². The van der Waals surface area contributed by atoms with E-state index < -0.39 is 0 Å². The number of para-hydroxylation sites is 1. The lowest BCUT2D eigenvalue weighted by molar-refractivity contribution is -0.116. The van der Waals surface area contributed by atoms with Gasteiger partial charge in [0.15, 0.2) is 0 Å². The maximum atomic E-state index is 12.6. The first-order valence-electron chi connectivity index (χ1n) is 10.5. The Balaban J connectivity index is 1.60. The number of nitrogens with one attached hydrogen (secondary N) is 1. The van der Waals surface area contributed by atoms with E-state index in [0.29, 0.717) is 12.5 Å². The molecule has 0 radical (unpaired) electrons. The molecule has 1 N–H and O–H groups in total. The molecule has 2 aromatic rings. The van der Waals surface area contributed by atoms with Crippen LogP contribution in [0.3, 0.4) is 0 Å². The van der Waals surface area contributed by atoms with Gasteiger partial charge in [-0.25, -0.2) is 0 Å². The van der Waals surface area contributed by atoms with E-state index in [0.717, 1.165) is 30.0 Å². The highest BCUT2D eigenvalue weighted by atomic mass is 16.1. The number of nitrogens with zero attached hydrogens (tertiary/aromatic N) is 3. The number of hydrogen-bond donors (Lipinski definition) is 1. The van der Waals surface area contributed by atoms with E-state index in [1.165, 1.54) is 43.2 Å². The summed E-state index contributed by atoms with van der Waals surface area (Å²) in [6.45, 7) is 4.95. The summed E-state index contributed by atoms with van der Waals surface area (Å²) in [5.41, 5.74) is 5.47. The maximum absolute atomic E-state index is 12.6. The SMILES string of the molecule is Cc1nn(C)c(C)c1CCC(=O)Nc1ccccc1CN(C)C1CCCCC1. The summed E-state index contributed by atoms with van der Waals surface area (Å²) in [6, 6.07) is 8.86. The van der Waals surface area contributed by atoms with Gasteiger partial charge in [-0.2, -0.15) is 5.10 Å². The lowest BCUT2D eigenvalue weighted by atomic mass is 9.94. The monoisotopic (exact) mass is 382 g/mol. The van der Waals surface area contributed by atoms with Gasteiger partial charge < -0.3 is 5.32 Å². The summed E-state index contributed by atoms with van der Waals surface area (Å²) in [5.74, 6) is 0.0652. The Labute approximate surface area is 169 Å². The van der Waals surface area contributed by atoms with Gasteiger partial charge in [0, 0.05) is 37.4 Å². The third kappa shape index (κ3) is 5.02. The Hall–Kier alpha value is -2.14. The summed E-state index contributed by atoms with van der Waals surface area (Å²) in [7, 11) is 4.16. The maximum Gasteiger partial charge on any atom is 0.224 e. The molecule has 1 aliphatic carbocycles. The molecule has 0 bridgehead atoms. The Morgan fingerprint density at radius 2 is 1.93 bits per heavy atom. The lowest BCUT2D eigenvalue weighted by Gasteiger charge is -2.31. The first kappa shape index (κ1) is 20.6. The molecule has 1 aromatic carbocycles. The number of rotatable bonds is 7. The topological polar surface area (TPSA) is 50.2 Å². The van der Waals surface area contributed by atoms with Crippen LogP contribution in [0, 0.1) is 13.8 Å². The van der Waals surface area contributed by atoms with Crippen molar-refractivity contribution in [2.75, 3.05) is 12.4 Å². The minimum atomic E-state index is 0.0652. The van der Waals surface area contributed by atoms with Gasteiger partial charge >= 0.3 is 0 Å². The van der Waals surface area contributed by atoms with Crippen molar-refractivity contribution in [2.45, 2.75) is 71.4 Å². The second-order valence-electron chi connectivity index (χ2n) is 8.19. The van der Waals surface area contributed by atoms with Crippen molar-refractivity contribution in [3.05, 3.63) is 46.8 Å². The molecule has 0 atom stereocenters. The fourth-order valence-electron chi connectivity index (χ4n) is 4.33. The van der Waals surface area contributed by atoms with Crippen molar-refractivity contribution < 1.29 is 4.79 Å². The third-order valence-electron chi connectivity index (χ3n) is 6.17. The summed E-state index contributed by atoms with van der Waals surface area (Å²) in [6.07, 6.45) is 7.80. The number of hydrogen-bond acceptors (Lipinski definition) is 3. The summed E-state index contributed by atoms with van der Waals surface area (Å²) >= 11 is 0. The molecule has 0 saturated heterocycles. The molecular formula is C23H34N4O. The van der Waals surface area contributed by atoms with Crippen LogP contribution in [0.25, 0.3) is 0 Å². The van der Waals surface area contributed by atoms with E-state index in [9.17, 15) is 4.79 Å². The number of aryl methyl sites for hydroxylation is 2. The van der Waals surface area contributed by atoms with Gasteiger partial charge in [-0.15, -0.1) is 0 Å². The van der Waals surface area contributed by atoms with E-state index in [2.05, 4.69) is 41.4 Å². The van der Waals surface area contributed by atoms with Crippen molar-refractivity contribution in [1.82, 2.24) is 14.7 Å². The summed E-state index contributed by atoms with van der Waals surface area (Å²) in [5, 5.41) is 7.59. The van der Waals surface area contributed by atoms with Crippen LogP contribution in [-0.2, 0) is 24.8 Å². The predicted molar refractivity (Wildman–Crippen MR) is 114 cm³/mol. The fourth-order valence-corrected chi connectivity index (χ4v) is 4.33. The van der Waals surface area contributed by atoms with Crippen molar-refractivity contribution in [3.63, 3.8) is 0 Å². The van der Waals surface area contributed by atoms with Crippen LogP contribution in [0.4, 0.5) is 5.69 Å². The molecule has 1 heterocycles. The van der Waals surface area contributed by atoms with Crippen LogP contribution >= 0.6 is 0 Å². The highest BCUT2D eigenvalue weighted by molar-refractivity contribution is 5.91. The molecule has 0 unspecified atom stereocenters. The highest BCUT2D eigenvalue weighted by Gasteiger charge is 2.19. The smallest absolute Gasteiger partial charge is 0.224 e. The zero-order valence-corrected chi connectivity index (χ0v) is 17.8. The molecule has 3 rings (SSSR count). The van der Waals surface area contributed by atoms with Gasteiger partial charge in [0.25, 0.3) is 0 Å². The predicted octanol–water partition coefficient (Wildman–Crippen LogP) is 4.37. The number of aromatic nitrogens is 2. The van der Waals surface area contributed by atoms with E-state index in [4.69, 9.17) is 0 Å². The molecule has 5 heteroatoms. The van der Waals surface area contributed by atoms with E-state index in [1.54, 1.807) is 0 Å². The zero-order chi connectivity index (χ0) is 20.1.